The maximum atomic E-state index is 13.4. The van der Waals surface area contributed by atoms with E-state index in [1.165, 1.54) is 18.3 Å². The average Bonchev–Trinajstić information content (AvgIpc) is 2.45. The number of rotatable bonds is 3. The highest BCUT2D eigenvalue weighted by atomic mass is 19.1. The minimum atomic E-state index is -0.642. The van der Waals surface area contributed by atoms with Gasteiger partial charge in [-0.15, -0.1) is 0 Å². The van der Waals surface area contributed by atoms with E-state index in [4.69, 9.17) is 10.5 Å². The molecular weight excluding hydrogens is 262 g/mol. The molecule has 20 heavy (non-hydrogen) atoms. The van der Waals surface area contributed by atoms with Gasteiger partial charge in [-0.25, -0.2) is 8.78 Å². The molecule has 0 aliphatic carbocycles. The fraction of sp³-hybridized carbons (Fsp3) is 0.133. The zero-order valence-corrected chi connectivity index (χ0v) is 10.6. The maximum Gasteiger partial charge on any atom is 0.139 e. The van der Waals surface area contributed by atoms with Gasteiger partial charge in [-0.1, -0.05) is 11.8 Å². The summed E-state index contributed by atoms with van der Waals surface area (Å²) < 4.78 is 31.6. The summed E-state index contributed by atoms with van der Waals surface area (Å²) in [5.41, 5.74) is 6.21. The van der Waals surface area contributed by atoms with Crippen LogP contribution in [0.5, 0.6) is 5.75 Å². The summed E-state index contributed by atoms with van der Waals surface area (Å²) in [7, 11) is 0. The molecule has 1 heterocycles. The molecule has 0 radical (unpaired) electrons. The molecule has 0 amide bonds. The van der Waals surface area contributed by atoms with Gasteiger partial charge in [0.1, 0.15) is 24.0 Å². The van der Waals surface area contributed by atoms with Gasteiger partial charge in [0.05, 0.1) is 12.7 Å². The normalized spacial score (nSPS) is 9.75. The van der Waals surface area contributed by atoms with Gasteiger partial charge < -0.3 is 10.5 Å². The number of ether oxygens (including phenoxy) is 1. The molecule has 2 aromatic rings. The molecule has 2 N–H and O–H groups in total. The molecule has 102 valence electrons. The van der Waals surface area contributed by atoms with E-state index in [0.29, 0.717) is 11.3 Å². The van der Waals surface area contributed by atoms with Crippen molar-refractivity contribution >= 4 is 0 Å². The highest BCUT2D eigenvalue weighted by Gasteiger charge is 2.05. The minimum absolute atomic E-state index is 0.0123. The first-order valence-corrected chi connectivity index (χ1v) is 5.90. The van der Waals surface area contributed by atoms with E-state index < -0.39 is 11.6 Å². The van der Waals surface area contributed by atoms with Crippen molar-refractivity contribution < 1.29 is 13.5 Å². The minimum Gasteiger partial charge on any atom is -0.487 e. The lowest BCUT2D eigenvalue weighted by atomic mass is 10.2. The van der Waals surface area contributed by atoms with Crippen molar-refractivity contribution in [2.24, 2.45) is 5.73 Å². The molecule has 3 nitrogen and oxygen atoms in total. The average molecular weight is 274 g/mol. The molecule has 0 spiro atoms. The molecule has 0 aliphatic heterocycles. The standard InChI is InChI=1S/C15H12F2N2O/c16-13-4-3-12(15(17)7-13)10-20-14-6-11(2-1-5-18)8-19-9-14/h3-4,6-9H,5,10,18H2. The number of hydrogen-bond donors (Lipinski definition) is 1. The Kier molecular flexibility index (Phi) is 4.64. The van der Waals surface area contributed by atoms with Crippen molar-refractivity contribution in [2.75, 3.05) is 6.54 Å². The van der Waals surface area contributed by atoms with Crippen LogP contribution < -0.4 is 10.5 Å². The fourth-order valence-electron chi connectivity index (χ4n) is 1.52. The maximum absolute atomic E-state index is 13.4. The molecular formula is C15H12F2N2O. The van der Waals surface area contributed by atoms with Crippen LogP contribution in [0.4, 0.5) is 8.78 Å². The summed E-state index contributed by atoms with van der Waals surface area (Å²) in [5, 5.41) is 0. The monoisotopic (exact) mass is 274 g/mol. The topological polar surface area (TPSA) is 48.1 Å². The quantitative estimate of drug-likeness (QED) is 0.873. The highest BCUT2D eigenvalue weighted by molar-refractivity contribution is 5.37. The van der Waals surface area contributed by atoms with Crippen LogP contribution in [0.3, 0.4) is 0 Å². The molecule has 2 rings (SSSR count). The Balaban J connectivity index is 2.07. The number of benzene rings is 1. The predicted molar refractivity (Wildman–Crippen MR) is 70.9 cm³/mol. The Hall–Kier alpha value is -2.45. The molecule has 1 aromatic heterocycles. The largest absolute Gasteiger partial charge is 0.487 e. The van der Waals surface area contributed by atoms with E-state index >= 15 is 0 Å². The summed E-state index contributed by atoms with van der Waals surface area (Å²) in [4.78, 5) is 3.96. The molecule has 0 saturated carbocycles. The molecule has 0 unspecified atom stereocenters. The van der Waals surface area contributed by atoms with E-state index in [2.05, 4.69) is 16.8 Å². The van der Waals surface area contributed by atoms with Crippen molar-refractivity contribution in [3.05, 3.63) is 59.4 Å². The molecule has 0 saturated heterocycles. The van der Waals surface area contributed by atoms with E-state index in [-0.39, 0.29) is 18.7 Å². The second-order valence-electron chi connectivity index (χ2n) is 3.94. The van der Waals surface area contributed by atoms with Crippen LogP contribution in [0, 0.1) is 23.5 Å². The van der Waals surface area contributed by atoms with Gasteiger partial charge in [0.25, 0.3) is 0 Å². The summed E-state index contributed by atoms with van der Waals surface area (Å²) in [5.74, 6) is 4.72. The lowest BCUT2D eigenvalue weighted by Crippen LogP contribution is -1.99. The molecule has 0 aliphatic rings. The van der Waals surface area contributed by atoms with Crippen LogP contribution in [-0.4, -0.2) is 11.5 Å². The Labute approximate surface area is 115 Å². The molecule has 1 aromatic carbocycles. The van der Waals surface area contributed by atoms with Crippen molar-refractivity contribution in [2.45, 2.75) is 6.61 Å². The zero-order chi connectivity index (χ0) is 14.4. The van der Waals surface area contributed by atoms with Gasteiger partial charge in [-0.05, 0) is 18.2 Å². The van der Waals surface area contributed by atoms with Gasteiger partial charge in [-0.3, -0.25) is 4.98 Å². The third kappa shape index (κ3) is 3.77. The zero-order valence-electron chi connectivity index (χ0n) is 10.6. The van der Waals surface area contributed by atoms with E-state index in [1.54, 1.807) is 12.3 Å². The fourth-order valence-corrected chi connectivity index (χ4v) is 1.52. The predicted octanol–water partition coefficient (Wildman–Crippen LogP) is 2.25. The third-order valence-corrected chi connectivity index (χ3v) is 2.46. The molecule has 0 bridgehead atoms. The number of aromatic nitrogens is 1. The van der Waals surface area contributed by atoms with E-state index in [1.807, 2.05) is 0 Å². The number of nitrogens with two attached hydrogens (primary N) is 1. The number of pyridine rings is 1. The molecule has 0 fully saturated rings. The van der Waals surface area contributed by atoms with Crippen LogP contribution in [0.25, 0.3) is 0 Å². The number of nitrogens with zero attached hydrogens (tertiary/aromatic N) is 1. The first kappa shape index (κ1) is 14.0. The highest BCUT2D eigenvalue weighted by Crippen LogP contribution is 2.15. The van der Waals surface area contributed by atoms with Gasteiger partial charge in [0, 0.05) is 23.4 Å². The van der Waals surface area contributed by atoms with Crippen LogP contribution in [0.2, 0.25) is 0 Å². The Morgan fingerprint density at radius 1 is 1.20 bits per heavy atom. The van der Waals surface area contributed by atoms with Crippen molar-refractivity contribution in [3.8, 4) is 17.6 Å². The number of hydrogen-bond acceptors (Lipinski definition) is 3. The van der Waals surface area contributed by atoms with Gasteiger partial charge in [0.15, 0.2) is 0 Å². The third-order valence-electron chi connectivity index (χ3n) is 2.46. The van der Waals surface area contributed by atoms with Gasteiger partial charge in [0.2, 0.25) is 0 Å². The van der Waals surface area contributed by atoms with Crippen LogP contribution in [0.1, 0.15) is 11.1 Å². The lowest BCUT2D eigenvalue weighted by Gasteiger charge is -2.07. The van der Waals surface area contributed by atoms with Gasteiger partial charge in [-0.2, -0.15) is 0 Å². The van der Waals surface area contributed by atoms with Crippen molar-refractivity contribution in [3.63, 3.8) is 0 Å². The summed E-state index contributed by atoms with van der Waals surface area (Å²) >= 11 is 0. The van der Waals surface area contributed by atoms with Crippen LogP contribution in [0.15, 0.2) is 36.7 Å². The first-order valence-electron chi connectivity index (χ1n) is 5.90. The molecule has 0 atom stereocenters. The lowest BCUT2D eigenvalue weighted by molar-refractivity contribution is 0.298. The van der Waals surface area contributed by atoms with Crippen molar-refractivity contribution in [1.82, 2.24) is 4.98 Å². The van der Waals surface area contributed by atoms with Gasteiger partial charge >= 0.3 is 0 Å². The first-order chi connectivity index (χ1) is 9.69. The Bertz CT molecular complexity index is 662. The Morgan fingerprint density at radius 3 is 2.80 bits per heavy atom. The van der Waals surface area contributed by atoms with Crippen molar-refractivity contribution in [1.29, 1.82) is 0 Å². The van der Waals surface area contributed by atoms with E-state index in [0.717, 1.165) is 6.07 Å². The smallest absolute Gasteiger partial charge is 0.139 e. The summed E-state index contributed by atoms with van der Waals surface area (Å²) in [6, 6.07) is 5.02. The number of halogens is 2. The second-order valence-corrected chi connectivity index (χ2v) is 3.94. The van der Waals surface area contributed by atoms with E-state index in [9.17, 15) is 8.78 Å². The summed E-state index contributed by atoms with van der Waals surface area (Å²) in [6.07, 6.45) is 3.07. The SMILES string of the molecule is NCC#Cc1cncc(OCc2ccc(F)cc2F)c1. The van der Waals surface area contributed by atoms with Crippen LogP contribution in [-0.2, 0) is 6.61 Å². The molecule has 5 heteroatoms. The Morgan fingerprint density at radius 2 is 2.05 bits per heavy atom. The van der Waals surface area contributed by atoms with Crippen LogP contribution >= 0.6 is 0 Å². The second kappa shape index (κ2) is 6.64. The summed E-state index contributed by atoms with van der Waals surface area (Å²) in [6.45, 7) is 0.243.